The highest BCUT2D eigenvalue weighted by atomic mass is 32.2. The summed E-state index contributed by atoms with van der Waals surface area (Å²) in [7, 11) is -3.62. The topological polar surface area (TPSA) is 146 Å². The van der Waals surface area contributed by atoms with Gasteiger partial charge in [0.15, 0.2) is 0 Å². The van der Waals surface area contributed by atoms with Crippen LogP contribution in [0.25, 0.3) is 0 Å². The molecule has 3 aromatic heterocycles. The Morgan fingerprint density at radius 1 is 0.974 bits per heavy atom. The first kappa shape index (κ1) is 27.1. The minimum atomic E-state index is -3.62. The average molecular weight is 537 g/mol. The SMILES string of the molecule is O=CN(O)CCCC(CS(=O)(=O)N1CCN(c2ncc(C#Cc3ccccn3)cn2)CC1)c1ncccn1. The van der Waals surface area contributed by atoms with Crippen LogP contribution in [-0.4, -0.2) is 92.8 Å². The Hall–Kier alpha value is -3.99. The number of carbonyl (C=O) groups excluding carboxylic acids is 1. The van der Waals surface area contributed by atoms with Crippen molar-refractivity contribution in [2.45, 2.75) is 18.8 Å². The van der Waals surface area contributed by atoms with Gasteiger partial charge >= 0.3 is 0 Å². The molecule has 4 rings (SSSR count). The molecule has 1 aliphatic rings. The smallest absolute Gasteiger partial charge is 0.233 e. The van der Waals surface area contributed by atoms with E-state index < -0.39 is 15.9 Å². The number of aromatic nitrogens is 5. The number of rotatable bonds is 10. The number of pyridine rings is 1. The lowest BCUT2D eigenvalue weighted by atomic mass is 10.0. The van der Waals surface area contributed by atoms with E-state index >= 15 is 0 Å². The Balaban J connectivity index is 1.35. The van der Waals surface area contributed by atoms with Crippen molar-refractivity contribution >= 4 is 22.4 Å². The number of hydroxylamine groups is 2. The van der Waals surface area contributed by atoms with Crippen LogP contribution >= 0.6 is 0 Å². The Labute approximate surface area is 221 Å². The van der Waals surface area contributed by atoms with Gasteiger partial charge in [-0.25, -0.2) is 38.4 Å². The Kier molecular flexibility index (Phi) is 9.26. The zero-order chi connectivity index (χ0) is 26.8. The van der Waals surface area contributed by atoms with Crippen molar-refractivity contribution in [2.75, 3.05) is 43.4 Å². The first-order valence-electron chi connectivity index (χ1n) is 12.1. The zero-order valence-corrected chi connectivity index (χ0v) is 21.5. The minimum absolute atomic E-state index is 0.0963. The van der Waals surface area contributed by atoms with Crippen LogP contribution in [-0.2, 0) is 14.8 Å². The van der Waals surface area contributed by atoms with E-state index in [1.54, 1.807) is 37.1 Å². The summed E-state index contributed by atoms with van der Waals surface area (Å²) < 4.78 is 28.0. The molecule has 1 aliphatic heterocycles. The second-order valence-electron chi connectivity index (χ2n) is 8.62. The van der Waals surface area contributed by atoms with E-state index in [2.05, 4.69) is 36.8 Å². The molecular weight excluding hydrogens is 508 g/mol. The molecule has 4 heterocycles. The molecular formula is C25H28N8O4S. The van der Waals surface area contributed by atoms with E-state index in [1.165, 1.54) is 4.31 Å². The molecule has 0 radical (unpaired) electrons. The van der Waals surface area contributed by atoms with E-state index in [-0.39, 0.29) is 12.3 Å². The predicted octanol–water partition coefficient (Wildman–Crippen LogP) is 0.925. The van der Waals surface area contributed by atoms with E-state index in [4.69, 9.17) is 0 Å². The molecule has 0 bridgehead atoms. The maximum atomic E-state index is 13.3. The zero-order valence-electron chi connectivity index (χ0n) is 20.7. The van der Waals surface area contributed by atoms with Gasteiger partial charge < -0.3 is 4.90 Å². The third-order valence-corrected chi connectivity index (χ3v) is 7.95. The first-order valence-corrected chi connectivity index (χ1v) is 13.7. The fraction of sp³-hybridized carbons (Fsp3) is 0.360. The Morgan fingerprint density at radius 3 is 2.34 bits per heavy atom. The van der Waals surface area contributed by atoms with Crippen LogP contribution in [0.5, 0.6) is 0 Å². The van der Waals surface area contributed by atoms with Gasteiger partial charge in [0, 0.05) is 69.6 Å². The fourth-order valence-electron chi connectivity index (χ4n) is 4.01. The third kappa shape index (κ3) is 7.51. The molecule has 0 aliphatic carbocycles. The van der Waals surface area contributed by atoms with Crippen LogP contribution in [0.1, 0.15) is 35.8 Å². The summed E-state index contributed by atoms with van der Waals surface area (Å²) >= 11 is 0. The molecule has 38 heavy (non-hydrogen) atoms. The lowest BCUT2D eigenvalue weighted by molar-refractivity contribution is -0.149. The molecule has 0 saturated carbocycles. The molecule has 13 heteroatoms. The van der Waals surface area contributed by atoms with E-state index in [0.29, 0.717) is 73.5 Å². The number of sulfonamides is 1. The van der Waals surface area contributed by atoms with Crippen molar-refractivity contribution < 1.29 is 18.4 Å². The summed E-state index contributed by atoms with van der Waals surface area (Å²) in [4.78, 5) is 34.0. The first-order chi connectivity index (χ1) is 18.4. The molecule has 0 spiro atoms. The summed E-state index contributed by atoms with van der Waals surface area (Å²) in [5, 5.41) is 9.91. The molecule has 0 aromatic carbocycles. The van der Waals surface area contributed by atoms with Gasteiger partial charge in [-0.05, 0) is 37.0 Å². The highest BCUT2D eigenvalue weighted by Crippen LogP contribution is 2.23. The number of amides is 1. The van der Waals surface area contributed by atoms with Gasteiger partial charge in [0.1, 0.15) is 11.5 Å². The summed E-state index contributed by atoms with van der Waals surface area (Å²) in [6.45, 7) is 1.59. The fourth-order valence-corrected chi connectivity index (χ4v) is 5.76. The molecule has 12 nitrogen and oxygen atoms in total. The van der Waals surface area contributed by atoms with Crippen LogP contribution in [0.15, 0.2) is 55.2 Å². The minimum Gasteiger partial charge on any atom is -0.338 e. The molecule has 1 amide bonds. The van der Waals surface area contributed by atoms with Gasteiger partial charge in [-0.15, -0.1) is 0 Å². The number of nitrogens with zero attached hydrogens (tertiary/aromatic N) is 8. The molecule has 1 N–H and O–H groups in total. The molecule has 3 aromatic rings. The van der Waals surface area contributed by atoms with Crippen molar-refractivity contribution in [3.8, 4) is 11.8 Å². The number of hydrogen-bond acceptors (Lipinski definition) is 10. The highest BCUT2D eigenvalue weighted by Gasteiger charge is 2.31. The van der Waals surface area contributed by atoms with Gasteiger partial charge in [0.2, 0.25) is 22.4 Å². The molecule has 1 fully saturated rings. The second kappa shape index (κ2) is 13.0. The summed E-state index contributed by atoms with van der Waals surface area (Å²) in [6.07, 6.45) is 9.22. The maximum Gasteiger partial charge on any atom is 0.233 e. The van der Waals surface area contributed by atoms with Crippen molar-refractivity contribution in [2.24, 2.45) is 0 Å². The van der Waals surface area contributed by atoms with Crippen LogP contribution in [0, 0.1) is 11.8 Å². The van der Waals surface area contributed by atoms with Gasteiger partial charge in [0.25, 0.3) is 0 Å². The number of hydrogen-bond donors (Lipinski definition) is 1. The monoisotopic (exact) mass is 536 g/mol. The largest absolute Gasteiger partial charge is 0.338 e. The van der Waals surface area contributed by atoms with E-state index in [9.17, 15) is 18.4 Å². The lowest BCUT2D eigenvalue weighted by Crippen LogP contribution is -2.50. The number of piperazine rings is 1. The van der Waals surface area contributed by atoms with Gasteiger partial charge in [0.05, 0.1) is 11.3 Å². The molecule has 1 saturated heterocycles. The number of carbonyl (C=O) groups is 1. The average Bonchev–Trinajstić information content (AvgIpc) is 2.96. The number of anilines is 1. The van der Waals surface area contributed by atoms with E-state index in [0.717, 1.165) is 0 Å². The van der Waals surface area contributed by atoms with Crippen molar-refractivity contribution in [3.63, 3.8) is 0 Å². The summed E-state index contributed by atoms with van der Waals surface area (Å²) in [6, 6.07) is 7.18. The van der Waals surface area contributed by atoms with Crippen LogP contribution in [0.3, 0.4) is 0 Å². The van der Waals surface area contributed by atoms with Crippen molar-refractivity contribution in [1.29, 1.82) is 0 Å². The van der Waals surface area contributed by atoms with Gasteiger partial charge in [-0.3, -0.25) is 10.0 Å². The van der Waals surface area contributed by atoms with Crippen LogP contribution < -0.4 is 4.90 Å². The lowest BCUT2D eigenvalue weighted by Gasteiger charge is -2.34. The molecule has 1 atom stereocenters. The quantitative estimate of drug-likeness (QED) is 0.172. The second-order valence-corrected chi connectivity index (χ2v) is 10.6. The van der Waals surface area contributed by atoms with Gasteiger partial charge in [-0.1, -0.05) is 12.0 Å². The Morgan fingerprint density at radius 2 is 1.68 bits per heavy atom. The summed E-state index contributed by atoms with van der Waals surface area (Å²) in [5.74, 6) is 6.26. The third-order valence-electron chi connectivity index (χ3n) is 5.98. The van der Waals surface area contributed by atoms with Gasteiger partial charge in [-0.2, -0.15) is 4.31 Å². The van der Waals surface area contributed by atoms with E-state index in [1.807, 2.05) is 23.1 Å². The molecule has 198 valence electrons. The maximum absolute atomic E-state index is 13.3. The summed E-state index contributed by atoms with van der Waals surface area (Å²) in [5.41, 5.74) is 1.32. The normalized spacial score (nSPS) is 14.8. The highest BCUT2D eigenvalue weighted by molar-refractivity contribution is 7.89. The Bertz CT molecular complexity index is 1340. The van der Waals surface area contributed by atoms with Crippen molar-refractivity contribution in [3.05, 3.63) is 72.3 Å². The van der Waals surface area contributed by atoms with Crippen LogP contribution in [0.2, 0.25) is 0 Å². The predicted molar refractivity (Wildman–Crippen MR) is 138 cm³/mol. The molecule has 1 unspecified atom stereocenters. The standard InChI is InChI=1S/C25H28N8O4S/c34-20-32(35)12-3-5-22(24-27-10-4-11-28-24)19-38(36,37)33-15-13-31(14-16-33)25-29-17-21(18-30-25)7-8-23-6-1-2-9-26-23/h1-2,4,6,9-11,17-18,20,22,35H,3,5,12-16,19H2. The van der Waals surface area contributed by atoms with Crippen LogP contribution in [0.4, 0.5) is 5.95 Å². The van der Waals surface area contributed by atoms with Crippen molar-refractivity contribution in [1.82, 2.24) is 34.3 Å².